The molecule has 134 valence electrons. The number of aliphatic hydroxyl groups is 2. The quantitative estimate of drug-likeness (QED) is 0.602. The molecule has 0 aromatic carbocycles. The Morgan fingerprint density at radius 1 is 1.38 bits per heavy atom. The monoisotopic (exact) mass is 334 g/mol. The highest BCUT2D eigenvalue weighted by Crippen LogP contribution is 2.43. The van der Waals surface area contributed by atoms with Gasteiger partial charge in [-0.15, -0.1) is 0 Å². The first-order valence-electron chi connectivity index (χ1n) is 8.97. The Kier molecular flexibility index (Phi) is 5.03. The van der Waals surface area contributed by atoms with Crippen molar-refractivity contribution in [3.05, 3.63) is 35.5 Å². The molecule has 4 heteroatoms. The van der Waals surface area contributed by atoms with Crippen molar-refractivity contribution in [1.82, 2.24) is 0 Å². The fourth-order valence-corrected chi connectivity index (χ4v) is 4.06. The van der Waals surface area contributed by atoms with Gasteiger partial charge in [-0.25, -0.2) is 0 Å². The van der Waals surface area contributed by atoms with Gasteiger partial charge >= 0.3 is 0 Å². The molecule has 24 heavy (non-hydrogen) atoms. The van der Waals surface area contributed by atoms with Crippen LogP contribution in [0.2, 0.25) is 0 Å². The summed E-state index contributed by atoms with van der Waals surface area (Å²) in [6, 6.07) is 0. The van der Waals surface area contributed by atoms with Crippen LogP contribution in [0, 0.1) is 11.8 Å². The van der Waals surface area contributed by atoms with Gasteiger partial charge in [0, 0.05) is 5.92 Å². The van der Waals surface area contributed by atoms with Crippen LogP contribution in [-0.4, -0.2) is 40.9 Å². The molecular weight excluding hydrogens is 304 g/mol. The highest BCUT2D eigenvalue weighted by atomic mass is 16.6. The molecule has 0 radical (unpaired) electrons. The normalized spacial score (nSPS) is 43.2. The molecule has 4 nitrogen and oxygen atoms in total. The van der Waals surface area contributed by atoms with E-state index in [1.165, 1.54) is 11.1 Å². The topological polar surface area (TPSA) is 62.2 Å². The summed E-state index contributed by atoms with van der Waals surface area (Å²) >= 11 is 0. The summed E-state index contributed by atoms with van der Waals surface area (Å²) < 4.78 is 11.3. The van der Waals surface area contributed by atoms with E-state index in [0.717, 1.165) is 24.8 Å². The maximum Gasteiger partial charge on any atom is 0.162 e. The molecule has 5 atom stereocenters. The number of epoxide rings is 1. The van der Waals surface area contributed by atoms with E-state index >= 15 is 0 Å². The van der Waals surface area contributed by atoms with Crippen LogP contribution in [0.15, 0.2) is 35.5 Å². The smallest absolute Gasteiger partial charge is 0.162 e. The first kappa shape index (κ1) is 17.9. The van der Waals surface area contributed by atoms with Crippen molar-refractivity contribution in [1.29, 1.82) is 0 Å². The molecule has 0 spiro atoms. The fraction of sp³-hybridized carbons (Fsp3) is 0.700. The summed E-state index contributed by atoms with van der Waals surface area (Å²) in [5, 5.41) is 20.6. The van der Waals surface area contributed by atoms with Crippen molar-refractivity contribution in [2.75, 3.05) is 6.61 Å². The minimum atomic E-state index is -0.834. The molecule has 0 amide bonds. The number of ether oxygens (including phenoxy) is 2. The molecule has 2 heterocycles. The van der Waals surface area contributed by atoms with E-state index in [1.807, 2.05) is 6.08 Å². The van der Waals surface area contributed by atoms with Gasteiger partial charge in [0.1, 0.15) is 0 Å². The van der Waals surface area contributed by atoms with Crippen molar-refractivity contribution in [3.63, 3.8) is 0 Å². The summed E-state index contributed by atoms with van der Waals surface area (Å²) in [7, 11) is 0. The second-order valence-electron chi connectivity index (χ2n) is 8.04. The molecule has 2 N–H and O–H groups in total. The van der Waals surface area contributed by atoms with Crippen molar-refractivity contribution in [2.45, 2.75) is 70.6 Å². The van der Waals surface area contributed by atoms with Crippen LogP contribution in [0.5, 0.6) is 0 Å². The van der Waals surface area contributed by atoms with E-state index in [2.05, 4.69) is 33.4 Å². The van der Waals surface area contributed by atoms with Crippen molar-refractivity contribution in [3.8, 4) is 0 Å². The summed E-state index contributed by atoms with van der Waals surface area (Å²) in [5.74, 6) is 0.0730. The van der Waals surface area contributed by atoms with Crippen LogP contribution in [-0.2, 0) is 9.47 Å². The van der Waals surface area contributed by atoms with Crippen LogP contribution in [0.1, 0.15) is 46.5 Å². The maximum absolute atomic E-state index is 10.4. The standard InChI is InChI=1S/C20H30O4/c1-12-5-7-16-14(6-8-17-20(3,4)24-17)11-23-19(22)18(16)13(2)10-15(21)9-12/h6,9,15-19,21-22H,2,5,7-8,10-11H2,1,3-4H3/b12-9+,14-6-/t15-,16+,17+,18-,19-/m0/s1. The van der Waals surface area contributed by atoms with Crippen molar-refractivity contribution < 1.29 is 19.7 Å². The predicted molar refractivity (Wildman–Crippen MR) is 93.3 cm³/mol. The summed E-state index contributed by atoms with van der Waals surface area (Å²) in [6.07, 6.45) is 6.29. The average molecular weight is 334 g/mol. The lowest BCUT2D eigenvalue weighted by atomic mass is 9.75. The fourth-order valence-electron chi connectivity index (χ4n) is 4.06. The van der Waals surface area contributed by atoms with E-state index < -0.39 is 12.4 Å². The molecule has 0 aromatic heterocycles. The Labute approximate surface area is 144 Å². The number of hydrogen-bond acceptors (Lipinski definition) is 4. The second-order valence-corrected chi connectivity index (χ2v) is 8.04. The van der Waals surface area contributed by atoms with E-state index in [0.29, 0.717) is 13.0 Å². The lowest BCUT2D eigenvalue weighted by molar-refractivity contribution is -0.149. The zero-order chi connectivity index (χ0) is 17.5. The Morgan fingerprint density at radius 3 is 2.75 bits per heavy atom. The lowest BCUT2D eigenvalue weighted by Crippen LogP contribution is -2.39. The molecule has 0 saturated carbocycles. The van der Waals surface area contributed by atoms with E-state index in [4.69, 9.17) is 9.47 Å². The summed E-state index contributed by atoms with van der Waals surface area (Å²) in [6.45, 7) is 10.9. The summed E-state index contributed by atoms with van der Waals surface area (Å²) in [5.41, 5.74) is 3.29. The number of aliphatic hydroxyl groups excluding tert-OH is 2. The Hall–Kier alpha value is -0.940. The van der Waals surface area contributed by atoms with Gasteiger partial charge < -0.3 is 19.7 Å². The van der Waals surface area contributed by atoms with Crippen LogP contribution in [0.25, 0.3) is 0 Å². The largest absolute Gasteiger partial charge is 0.389 e. The van der Waals surface area contributed by atoms with Gasteiger partial charge in [0.05, 0.1) is 24.4 Å². The van der Waals surface area contributed by atoms with Gasteiger partial charge in [0.2, 0.25) is 0 Å². The molecule has 3 aliphatic rings. The Bertz CT molecular complexity index is 560. The third-order valence-corrected chi connectivity index (χ3v) is 5.67. The number of hydrogen-bond donors (Lipinski definition) is 2. The third kappa shape index (κ3) is 3.83. The minimum absolute atomic E-state index is 0.0169. The maximum atomic E-state index is 10.4. The first-order chi connectivity index (χ1) is 11.3. The van der Waals surface area contributed by atoms with E-state index in [9.17, 15) is 10.2 Å². The Morgan fingerprint density at radius 2 is 2.08 bits per heavy atom. The van der Waals surface area contributed by atoms with Crippen molar-refractivity contribution in [2.24, 2.45) is 11.8 Å². The van der Waals surface area contributed by atoms with Gasteiger partial charge in [-0.05, 0) is 57.9 Å². The van der Waals surface area contributed by atoms with Gasteiger partial charge in [0.15, 0.2) is 6.29 Å². The molecule has 3 rings (SSSR count). The number of rotatable bonds is 2. The van der Waals surface area contributed by atoms with Crippen LogP contribution >= 0.6 is 0 Å². The van der Waals surface area contributed by atoms with Gasteiger partial charge in [0.25, 0.3) is 0 Å². The summed E-state index contributed by atoms with van der Waals surface area (Å²) in [4.78, 5) is 0. The zero-order valence-electron chi connectivity index (χ0n) is 15.0. The average Bonchev–Trinajstić information content (AvgIpc) is 3.08. The molecule has 2 fully saturated rings. The molecule has 0 aromatic rings. The van der Waals surface area contributed by atoms with Gasteiger partial charge in [-0.3, -0.25) is 0 Å². The molecule has 2 saturated heterocycles. The highest BCUT2D eigenvalue weighted by Gasteiger charge is 2.47. The SMILES string of the molecule is C=C1C[C@@H](O)/C=C(\C)CC[C@@H]2/C(=C\C[C@H]3OC3(C)C)CO[C@H](O)[C@@H]12. The van der Waals surface area contributed by atoms with Crippen LogP contribution < -0.4 is 0 Å². The van der Waals surface area contributed by atoms with Crippen LogP contribution in [0.3, 0.4) is 0 Å². The second kappa shape index (κ2) is 6.75. The molecule has 0 unspecified atom stereocenters. The minimum Gasteiger partial charge on any atom is -0.389 e. The zero-order valence-corrected chi connectivity index (χ0v) is 15.0. The van der Waals surface area contributed by atoms with Gasteiger partial charge in [-0.2, -0.15) is 0 Å². The van der Waals surface area contributed by atoms with E-state index in [1.54, 1.807) is 0 Å². The van der Waals surface area contributed by atoms with Crippen LogP contribution in [0.4, 0.5) is 0 Å². The number of fused-ring (bicyclic) bond motifs is 1. The third-order valence-electron chi connectivity index (χ3n) is 5.67. The van der Waals surface area contributed by atoms with E-state index in [-0.39, 0.29) is 23.5 Å². The highest BCUT2D eigenvalue weighted by molar-refractivity contribution is 5.23. The molecule has 1 aliphatic carbocycles. The molecular formula is C20H30O4. The predicted octanol–water partition coefficient (Wildman–Crippen LogP) is 3.11. The lowest BCUT2D eigenvalue weighted by Gasteiger charge is -2.39. The van der Waals surface area contributed by atoms with Gasteiger partial charge in [-0.1, -0.05) is 29.9 Å². The molecule has 2 aliphatic heterocycles. The first-order valence-corrected chi connectivity index (χ1v) is 8.97. The Balaban J connectivity index is 1.81. The molecule has 0 bridgehead atoms. The number of allylic oxidation sites excluding steroid dienone is 1. The van der Waals surface area contributed by atoms with Crippen molar-refractivity contribution >= 4 is 0 Å².